The van der Waals surface area contributed by atoms with E-state index in [1.807, 2.05) is 37.3 Å². The zero-order valence-corrected chi connectivity index (χ0v) is 12.9. The van der Waals surface area contributed by atoms with E-state index in [0.717, 1.165) is 25.5 Å². The second kappa shape index (κ2) is 7.60. The standard InChI is InChI=1S/C18H23N3/c1-4-12-21(14-16-8-6-5-7-9-16)15-17-10-11-19-18(13-17)20(2)3/h4-11,13H,1,12,14-15H2,2-3H3. The molecule has 1 heterocycles. The van der Waals surface area contributed by atoms with Crippen LogP contribution in [0.4, 0.5) is 5.82 Å². The monoisotopic (exact) mass is 281 g/mol. The van der Waals surface area contributed by atoms with Gasteiger partial charge in [-0.2, -0.15) is 0 Å². The highest BCUT2D eigenvalue weighted by Gasteiger charge is 2.07. The lowest BCUT2D eigenvalue weighted by Crippen LogP contribution is -2.23. The first-order chi connectivity index (χ1) is 10.2. The maximum absolute atomic E-state index is 4.36. The molecular formula is C18H23N3. The van der Waals surface area contributed by atoms with E-state index in [-0.39, 0.29) is 0 Å². The number of aromatic nitrogens is 1. The minimum atomic E-state index is 0.870. The third-order valence-corrected chi connectivity index (χ3v) is 3.31. The predicted octanol–water partition coefficient (Wildman–Crippen LogP) is 3.34. The Morgan fingerprint density at radius 3 is 2.43 bits per heavy atom. The molecule has 0 N–H and O–H groups in total. The molecule has 0 amide bonds. The van der Waals surface area contributed by atoms with Crippen LogP contribution in [0.1, 0.15) is 11.1 Å². The van der Waals surface area contributed by atoms with Crippen molar-refractivity contribution in [1.29, 1.82) is 0 Å². The molecule has 0 saturated carbocycles. The predicted molar refractivity (Wildman–Crippen MR) is 89.3 cm³/mol. The highest BCUT2D eigenvalue weighted by atomic mass is 15.1. The van der Waals surface area contributed by atoms with Crippen molar-refractivity contribution in [2.45, 2.75) is 13.1 Å². The molecule has 0 aliphatic heterocycles. The summed E-state index contributed by atoms with van der Waals surface area (Å²) in [4.78, 5) is 8.76. The van der Waals surface area contributed by atoms with Crippen LogP contribution in [0.2, 0.25) is 0 Å². The summed E-state index contributed by atoms with van der Waals surface area (Å²) >= 11 is 0. The smallest absolute Gasteiger partial charge is 0.128 e. The van der Waals surface area contributed by atoms with Gasteiger partial charge in [0, 0.05) is 39.9 Å². The van der Waals surface area contributed by atoms with Gasteiger partial charge in [-0.1, -0.05) is 36.4 Å². The Kier molecular flexibility index (Phi) is 5.52. The van der Waals surface area contributed by atoms with Gasteiger partial charge in [-0.3, -0.25) is 4.90 Å². The van der Waals surface area contributed by atoms with Crippen molar-refractivity contribution in [2.24, 2.45) is 0 Å². The molecule has 0 aliphatic carbocycles. The highest BCUT2D eigenvalue weighted by molar-refractivity contribution is 5.39. The molecular weight excluding hydrogens is 258 g/mol. The topological polar surface area (TPSA) is 19.4 Å². The van der Waals surface area contributed by atoms with Crippen molar-refractivity contribution in [3.63, 3.8) is 0 Å². The molecule has 0 fully saturated rings. The SMILES string of the molecule is C=CCN(Cc1ccccc1)Cc1ccnc(N(C)C)c1. The number of benzene rings is 1. The van der Waals surface area contributed by atoms with Gasteiger partial charge in [0.05, 0.1) is 0 Å². The Bertz CT molecular complexity index is 564. The lowest BCUT2D eigenvalue weighted by molar-refractivity contribution is 0.286. The molecule has 3 nitrogen and oxygen atoms in total. The molecule has 1 aromatic carbocycles. The highest BCUT2D eigenvalue weighted by Crippen LogP contribution is 2.14. The van der Waals surface area contributed by atoms with Crippen LogP contribution >= 0.6 is 0 Å². The van der Waals surface area contributed by atoms with Crippen LogP contribution in [0.5, 0.6) is 0 Å². The Hall–Kier alpha value is -2.13. The third kappa shape index (κ3) is 4.72. The maximum atomic E-state index is 4.36. The largest absolute Gasteiger partial charge is 0.363 e. The van der Waals surface area contributed by atoms with Gasteiger partial charge >= 0.3 is 0 Å². The first kappa shape index (κ1) is 15.3. The molecule has 21 heavy (non-hydrogen) atoms. The fraction of sp³-hybridized carbons (Fsp3) is 0.278. The summed E-state index contributed by atoms with van der Waals surface area (Å²) in [5.74, 6) is 0.991. The van der Waals surface area contributed by atoms with Gasteiger partial charge in [0.25, 0.3) is 0 Å². The third-order valence-electron chi connectivity index (χ3n) is 3.31. The van der Waals surface area contributed by atoms with Crippen molar-refractivity contribution in [3.8, 4) is 0 Å². The van der Waals surface area contributed by atoms with E-state index in [2.05, 4.69) is 52.9 Å². The summed E-state index contributed by atoms with van der Waals surface area (Å²) in [5.41, 5.74) is 2.59. The molecule has 3 heteroatoms. The van der Waals surface area contributed by atoms with E-state index in [4.69, 9.17) is 0 Å². The van der Waals surface area contributed by atoms with E-state index < -0.39 is 0 Å². The average molecular weight is 281 g/mol. The first-order valence-electron chi connectivity index (χ1n) is 7.18. The average Bonchev–Trinajstić information content (AvgIpc) is 2.49. The normalized spacial score (nSPS) is 10.6. The van der Waals surface area contributed by atoms with Crippen LogP contribution < -0.4 is 4.90 Å². The lowest BCUT2D eigenvalue weighted by atomic mass is 10.2. The number of hydrogen-bond acceptors (Lipinski definition) is 3. The summed E-state index contributed by atoms with van der Waals surface area (Å²) in [5, 5.41) is 0. The van der Waals surface area contributed by atoms with Crippen LogP contribution in [0.15, 0.2) is 61.3 Å². The van der Waals surface area contributed by atoms with Crippen molar-refractivity contribution >= 4 is 5.82 Å². The lowest BCUT2D eigenvalue weighted by Gasteiger charge is -2.21. The molecule has 0 saturated heterocycles. The van der Waals surface area contributed by atoms with Crippen molar-refractivity contribution in [1.82, 2.24) is 9.88 Å². The molecule has 0 spiro atoms. The van der Waals surface area contributed by atoms with Crippen molar-refractivity contribution in [2.75, 3.05) is 25.5 Å². The molecule has 2 rings (SSSR count). The molecule has 0 radical (unpaired) electrons. The Labute approximate surface area is 127 Å². The molecule has 2 aromatic rings. The molecule has 0 aliphatic rings. The van der Waals surface area contributed by atoms with Gasteiger partial charge in [0.15, 0.2) is 0 Å². The number of rotatable bonds is 7. The van der Waals surface area contributed by atoms with Gasteiger partial charge in [-0.25, -0.2) is 4.98 Å². The molecule has 0 atom stereocenters. The zero-order valence-electron chi connectivity index (χ0n) is 12.9. The van der Waals surface area contributed by atoms with E-state index in [1.165, 1.54) is 11.1 Å². The fourth-order valence-corrected chi connectivity index (χ4v) is 2.27. The Balaban J connectivity index is 2.09. The van der Waals surface area contributed by atoms with Gasteiger partial charge in [-0.15, -0.1) is 6.58 Å². The Morgan fingerprint density at radius 2 is 1.76 bits per heavy atom. The summed E-state index contributed by atoms with van der Waals surface area (Å²) in [6.07, 6.45) is 3.83. The second-order valence-corrected chi connectivity index (χ2v) is 5.36. The maximum Gasteiger partial charge on any atom is 0.128 e. The van der Waals surface area contributed by atoms with Gasteiger partial charge < -0.3 is 4.90 Å². The molecule has 0 bridgehead atoms. The van der Waals surface area contributed by atoms with Crippen molar-refractivity contribution < 1.29 is 0 Å². The second-order valence-electron chi connectivity index (χ2n) is 5.36. The van der Waals surface area contributed by atoms with Gasteiger partial charge in [0.1, 0.15) is 5.82 Å². The van der Waals surface area contributed by atoms with Crippen LogP contribution in [-0.4, -0.2) is 30.5 Å². The number of hydrogen-bond donors (Lipinski definition) is 0. The number of pyridine rings is 1. The van der Waals surface area contributed by atoms with E-state index >= 15 is 0 Å². The number of nitrogens with zero attached hydrogens (tertiary/aromatic N) is 3. The summed E-state index contributed by atoms with van der Waals surface area (Å²) in [6, 6.07) is 14.8. The van der Waals surface area contributed by atoms with Gasteiger partial charge in [-0.05, 0) is 23.3 Å². The van der Waals surface area contributed by atoms with E-state index in [1.54, 1.807) is 0 Å². The van der Waals surface area contributed by atoms with E-state index in [0.29, 0.717) is 0 Å². The minimum absolute atomic E-state index is 0.870. The number of anilines is 1. The molecule has 1 aromatic heterocycles. The summed E-state index contributed by atoms with van der Waals surface area (Å²) in [7, 11) is 4.02. The zero-order chi connectivity index (χ0) is 15.1. The van der Waals surface area contributed by atoms with Crippen LogP contribution in [-0.2, 0) is 13.1 Å². The van der Waals surface area contributed by atoms with Crippen LogP contribution in [0.25, 0.3) is 0 Å². The van der Waals surface area contributed by atoms with E-state index in [9.17, 15) is 0 Å². The first-order valence-corrected chi connectivity index (χ1v) is 7.18. The Morgan fingerprint density at radius 1 is 1.05 bits per heavy atom. The molecule has 110 valence electrons. The quantitative estimate of drug-likeness (QED) is 0.726. The fourth-order valence-electron chi connectivity index (χ4n) is 2.27. The summed E-state index contributed by atoms with van der Waals surface area (Å²) < 4.78 is 0. The van der Waals surface area contributed by atoms with Crippen LogP contribution in [0, 0.1) is 0 Å². The van der Waals surface area contributed by atoms with Crippen LogP contribution in [0.3, 0.4) is 0 Å². The molecule has 0 unspecified atom stereocenters. The summed E-state index contributed by atoms with van der Waals surface area (Å²) in [6.45, 7) is 6.55. The van der Waals surface area contributed by atoms with Crippen molar-refractivity contribution in [3.05, 3.63) is 72.4 Å². The van der Waals surface area contributed by atoms with Gasteiger partial charge in [0.2, 0.25) is 0 Å². The minimum Gasteiger partial charge on any atom is -0.363 e.